The molecule has 5 atom stereocenters. The Morgan fingerprint density at radius 1 is 1.37 bits per heavy atom. The highest BCUT2D eigenvalue weighted by Gasteiger charge is 2.48. The summed E-state index contributed by atoms with van der Waals surface area (Å²) in [5.74, 6) is -0.354. The van der Waals surface area contributed by atoms with Crippen molar-refractivity contribution in [3.63, 3.8) is 0 Å². The van der Waals surface area contributed by atoms with E-state index in [0.29, 0.717) is 13.0 Å². The lowest BCUT2D eigenvalue weighted by Gasteiger charge is -2.32. The van der Waals surface area contributed by atoms with E-state index in [1.165, 1.54) is 12.1 Å². The van der Waals surface area contributed by atoms with E-state index < -0.39 is 6.04 Å². The molecular weight excluding hydrogens is 385 g/mol. The Balaban J connectivity index is 1.57. The molecule has 1 aromatic heterocycles. The summed E-state index contributed by atoms with van der Waals surface area (Å²) >= 11 is 0. The monoisotopic (exact) mass is 415 g/mol. The molecule has 0 radical (unpaired) electrons. The number of H-pyrrole nitrogens is 1. The second-order valence-electron chi connectivity index (χ2n) is 8.35. The fraction of sp³-hybridized carbons (Fsp3) is 0.545. The molecule has 2 aliphatic heterocycles. The van der Waals surface area contributed by atoms with Gasteiger partial charge in [0.1, 0.15) is 11.9 Å². The van der Waals surface area contributed by atoms with Crippen LogP contribution in [0.3, 0.4) is 0 Å². The number of carbonyl (C=O) groups excluding carboxylic acids is 2. The molecule has 2 fully saturated rings. The van der Waals surface area contributed by atoms with Crippen LogP contribution in [0.4, 0.5) is 4.39 Å². The van der Waals surface area contributed by atoms with E-state index in [4.69, 9.17) is 0 Å². The van der Waals surface area contributed by atoms with E-state index in [1.54, 1.807) is 20.0 Å². The minimum atomic E-state index is -0.537. The lowest BCUT2D eigenvalue weighted by atomic mass is 9.91. The number of fused-ring (bicyclic) bond motifs is 2. The second-order valence-corrected chi connectivity index (χ2v) is 8.35. The van der Waals surface area contributed by atoms with Crippen molar-refractivity contribution in [2.45, 2.75) is 56.8 Å². The lowest BCUT2D eigenvalue weighted by molar-refractivity contribution is -0.137. The largest absolute Gasteiger partial charge is 0.361 e. The van der Waals surface area contributed by atoms with Crippen LogP contribution in [0.5, 0.6) is 0 Å². The van der Waals surface area contributed by atoms with Gasteiger partial charge >= 0.3 is 0 Å². The molecule has 0 aliphatic carbocycles. The Labute approximate surface area is 175 Å². The number of hydrogen-bond donors (Lipinski definition) is 4. The molecule has 162 valence electrons. The fourth-order valence-corrected chi connectivity index (χ4v) is 4.88. The van der Waals surface area contributed by atoms with Gasteiger partial charge in [0.2, 0.25) is 11.8 Å². The molecule has 2 aromatic rings. The average Bonchev–Trinajstić information content (AvgIpc) is 3.45. The molecule has 4 rings (SSSR count). The van der Waals surface area contributed by atoms with Gasteiger partial charge in [-0.15, -0.1) is 0 Å². The minimum absolute atomic E-state index is 0.0224. The normalized spacial score (nSPS) is 25.3. The average molecular weight is 416 g/mol. The number of likely N-dealkylation sites (N-methyl/N-ethyl adjacent to an activating group) is 1. The van der Waals surface area contributed by atoms with Gasteiger partial charge in [0, 0.05) is 42.1 Å². The number of halogens is 1. The van der Waals surface area contributed by atoms with Crippen LogP contribution in [0.1, 0.15) is 38.2 Å². The second kappa shape index (κ2) is 8.35. The molecule has 2 amide bonds. The number of nitrogens with one attached hydrogen (secondary N) is 4. The van der Waals surface area contributed by atoms with E-state index in [9.17, 15) is 14.0 Å². The lowest BCUT2D eigenvalue weighted by Crippen LogP contribution is -2.54. The van der Waals surface area contributed by atoms with Gasteiger partial charge in [-0.05, 0) is 50.6 Å². The summed E-state index contributed by atoms with van der Waals surface area (Å²) in [4.78, 5) is 30.8. The SMILES string of the molecule is CC[C@H](NC(=O)[C@H](C)NC)C(=O)N1CC[C@H]2NC[C@H](c3c[nH]c4cc(F)ccc34)[C@H]21. The molecule has 2 saturated heterocycles. The highest BCUT2D eigenvalue weighted by molar-refractivity contribution is 5.90. The number of hydrogen-bond acceptors (Lipinski definition) is 4. The van der Waals surface area contributed by atoms with Crippen LogP contribution in [0.25, 0.3) is 10.9 Å². The Kier molecular flexibility index (Phi) is 5.79. The Hall–Kier alpha value is -2.45. The molecule has 0 saturated carbocycles. The summed E-state index contributed by atoms with van der Waals surface area (Å²) in [5, 5.41) is 10.4. The highest BCUT2D eigenvalue weighted by atomic mass is 19.1. The van der Waals surface area contributed by atoms with Crippen molar-refractivity contribution in [1.82, 2.24) is 25.8 Å². The summed E-state index contributed by atoms with van der Waals surface area (Å²) in [6.07, 6.45) is 3.37. The van der Waals surface area contributed by atoms with Crippen molar-refractivity contribution < 1.29 is 14.0 Å². The Bertz CT molecular complexity index is 945. The Morgan fingerprint density at radius 2 is 2.17 bits per heavy atom. The molecule has 0 unspecified atom stereocenters. The standard InChI is InChI=1S/C22H30FN5O2/c1-4-17(27-21(29)12(2)24-3)22(30)28-8-7-18-20(28)16(11-25-18)15-10-26-19-9-13(23)5-6-14(15)19/h5-6,9-10,12,16-18,20,24-26H,4,7-8,11H2,1-3H3,(H,27,29)/t12-,16+,17-,18+,20+/m0/s1. The highest BCUT2D eigenvalue weighted by Crippen LogP contribution is 2.39. The molecule has 2 aliphatic rings. The number of carbonyl (C=O) groups is 2. The smallest absolute Gasteiger partial charge is 0.245 e. The molecule has 4 N–H and O–H groups in total. The minimum Gasteiger partial charge on any atom is -0.361 e. The van der Waals surface area contributed by atoms with Gasteiger partial charge in [-0.25, -0.2) is 4.39 Å². The molecule has 0 bridgehead atoms. The van der Waals surface area contributed by atoms with Gasteiger partial charge < -0.3 is 25.8 Å². The number of nitrogens with zero attached hydrogens (tertiary/aromatic N) is 1. The van der Waals surface area contributed by atoms with E-state index in [0.717, 1.165) is 29.4 Å². The molecule has 1 aromatic carbocycles. The van der Waals surface area contributed by atoms with Crippen LogP contribution in [0.2, 0.25) is 0 Å². The first-order chi connectivity index (χ1) is 14.4. The maximum absolute atomic E-state index is 13.6. The molecule has 8 heteroatoms. The van der Waals surface area contributed by atoms with Crippen molar-refractivity contribution in [2.24, 2.45) is 0 Å². The summed E-state index contributed by atoms with van der Waals surface area (Å²) < 4.78 is 13.6. The third kappa shape index (κ3) is 3.58. The van der Waals surface area contributed by atoms with Gasteiger partial charge in [0.15, 0.2) is 0 Å². The van der Waals surface area contributed by atoms with Gasteiger partial charge in [-0.2, -0.15) is 0 Å². The zero-order chi connectivity index (χ0) is 21.4. The quantitative estimate of drug-likeness (QED) is 0.575. The van der Waals surface area contributed by atoms with E-state index >= 15 is 0 Å². The Morgan fingerprint density at radius 3 is 2.90 bits per heavy atom. The number of rotatable bonds is 6. The molecule has 3 heterocycles. The summed E-state index contributed by atoms with van der Waals surface area (Å²) in [7, 11) is 1.72. The van der Waals surface area contributed by atoms with E-state index in [1.807, 2.05) is 18.0 Å². The number of benzene rings is 1. The van der Waals surface area contributed by atoms with Crippen molar-refractivity contribution in [2.75, 3.05) is 20.1 Å². The third-order valence-electron chi connectivity index (χ3n) is 6.67. The van der Waals surface area contributed by atoms with Crippen LogP contribution in [0, 0.1) is 5.82 Å². The predicted octanol–water partition coefficient (Wildman–Crippen LogP) is 1.47. The zero-order valence-electron chi connectivity index (χ0n) is 17.7. The first-order valence-corrected chi connectivity index (χ1v) is 10.7. The third-order valence-corrected chi connectivity index (χ3v) is 6.67. The molecule has 7 nitrogen and oxygen atoms in total. The number of aromatic amines is 1. The van der Waals surface area contributed by atoms with Crippen molar-refractivity contribution in [3.05, 3.63) is 35.8 Å². The van der Waals surface area contributed by atoms with Gasteiger partial charge in [-0.1, -0.05) is 6.92 Å². The summed E-state index contributed by atoms with van der Waals surface area (Å²) in [6.45, 7) is 5.13. The van der Waals surface area contributed by atoms with Gasteiger partial charge in [0.05, 0.1) is 12.1 Å². The van der Waals surface area contributed by atoms with Crippen LogP contribution >= 0.6 is 0 Å². The summed E-state index contributed by atoms with van der Waals surface area (Å²) in [6, 6.07) is 4.14. The van der Waals surface area contributed by atoms with Gasteiger partial charge in [0.25, 0.3) is 0 Å². The first-order valence-electron chi connectivity index (χ1n) is 10.7. The van der Waals surface area contributed by atoms with E-state index in [-0.39, 0.29) is 41.7 Å². The van der Waals surface area contributed by atoms with Crippen LogP contribution in [0.15, 0.2) is 24.4 Å². The number of likely N-dealkylation sites (tertiary alicyclic amines) is 1. The first kappa shape index (κ1) is 20.8. The number of amides is 2. The molecular formula is C22H30FN5O2. The zero-order valence-corrected chi connectivity index (χ0v) is 17.7. The van der Waals surface area contributed by atoms with Gasteiger partial charge in [-0.3, -0.25) is 9.59 Å². The predicted molar refractivity (Wildman–Crippen MR) is 114 cm³/mol. The van der Waals surface area contributed by atoms with Crippen molar-refractivity contribution >= 4 is 22.7 Å². The topological polar surface area (TPSA) is 89.3 Å². The molecule has 30 heavy (non-hydrogen) atoms. The van der Waals surface area contributed by atoms with Crippen LogP contribution < -0.4 is 16.0 Å². The van der Waals surface area contributed by atoms with Crippen molar-refractivity contribution in [1.29, 1.82) is 0 Å². The van der Waals surface area contributed by atoms with Crippen LogP contribution in [-0.2, 0) is 9.59 Å². The maximum atomic E-state index is 13.6. The van der Waals surface area contributed by atoms with Crippen molar-refractivity contribution in [3.8, 4) is 0 Å². The molecule has 0 spiro atoms. The number of aromatic nitrogens is 1. The van der Waals surface area contributed by atoms with Crippen LogP contribution in [-0.4, -0.2) is 66.0 Å². The fourth-order valence-electron chi connectivity index (χ4n) is 4.88. The summed E-state index contributed by atoms with van der Waals surface area (Å²) in [5.41, 5.74) is 1.87. The maximum Gasteiger partial charge on any atom is 0.245 e. The van der Waals surface area contributed by atoms with E-state index in [2.05, 4.69) is 20.9 Å².